The quantitative estimate of drug-likeness (QED) is 0.582. The molecule has 0 aliphatic heterocycles. The van der Waals surface area contributed by atoms with Crippen molar-refractivity contribution in [3.05, 3.63) is 38.4 Å². The number of pyridine rings is 1. The molecule has 19 heavy (non-hydrogen) atoms. The molecule has 2 aromatic heterocycles. The first-order valence-corrected chi connectivity index (χ1v) is 7.58. The molecule has 0 saturated carbocycles. The van der Waals surface area contributed by atoms with E-state index in [9.17, 15) is 0 Å². The Morgan fingerprint density at radius 1 is 1.26 bits per heavy atom. The summed E-state index contributed by atoms with van der Waals surface area (Å²) >= 11 is 8.41. The van der Waals surface area contributed by atoms with Crippen molar-refractivity contribution >= 4 is 34.2 Å². The number of aryl methyl sites for hydroxylation is 1. The highest BCUT2D eigenvalue weighted by atomic mass is 127. The molecule has 0 unspecified atom stereocenters. The first kappa shape index (κ1) is 14.7. The lowest BCUT2D eigenvalue weighted by Gasteiger charge is -2.10. The normalized spacial score (nSPS) is 11.1. The molecule has 0 saturated heterocycles. The minimum Gasteiger partial charge on any atom is -0.261 e. The molecule has 3 nitrogen and oxygen atoms in total. The zero-order valence-electron chi connectivity index (χ0n) is 11.1. The van der Waals surface area contributed by atoms with Gasteiger partial charge in [-0.3, -0.25) is 4.98 Å². The fraction of sp³-hybridized carbons (Fsp3) is 0.357. The number of aromatic nitrogens is 3. The first-order chi connectivity index (χ1) is 8.97. The summed E-state index contributed by atoms with van der Waals surface area (Å²) < 4.78 is 0.941. The summed E-state index contributed by atoms with van der Waals surface area (Å²) in [6.07, 6.45) is 2.68. The Labute approximate surface area is 132 Å². The molecule has 0 fully saturated rings. The Hall–Kier alpha value is -0.750. The van der Waals surface area contributed by atoms with Gasteiger partial charge in [-0.1, -0.05) is 25.4 Å². The number of hydrogen-bond acceptors (Lipinski definition) is 3. The predicted molar refractivity (Wildman–Crippen MR) is 86.3 cm³/mol. The molecule has 5 heteroatoms. The van der Waals surface area contributed by atoms with Crippen LogP contribution in [0.2, 0.25) is 5.15 Å². The van der Waals surface area contributed by atoms with Gasteiger partial charge in [0.1, 0.15) is 5.15 Å². The van der Waals surface area contributed by atoms with Crippen molar-refractivity contribution in [3.8, 4) is 11.4 Å². The van der Waals surface area contributed by atoms with E-state index in [1.165, 1.54) is 0 Å². The largest absolute Gasteiger partial charge is 0.261 e. The molecular weight excluding hydrogens is 373 g/mol. The Morgan fingerprint density at radius 3 is 2.58 bits per heavy atom. The number of nitrogens with zero attached hydrogens (tertiary/aromatic N) is 3. The smallest absolute Gasteiger partial charge is 0.162 e. The molecule has 0 amide bonds. The number of rotatable bonds is 3. The molecule has 2 aromatic rings. The van der Waals surface area contributed by atoms with Crippen molar-refractivity contribution < 1.29 is 0 Å². The van der Waals surface area contributed by atoms with E-state index in [1.807, 2.05) is 19.1 Å². The van der Waals surface area contributed by atoms with E-state index in [2.05, 4.69) is 51.4 Å². The van der Waals surface area contributed by atoms with E-state index in [1.54, 1.807) is 6.20 Å². The Bertz CT molecular complexity index is 582. The highest BCUT2D eigenvalue weighted by molar-refractivity contribution is 14.1. The molecule has 100 valence electrons. The summed E-state index contributed by atoms with van der Waals surface area (Å²) in [4.78, 5) is 13.3. The average molecular weight is 388 g/mol. The standard InChI is InChI=1S/C14H15ClIN3/c1-8(2)6-11-12(16)13(15)19-14(18-11)10-5-4-9(3)17-7-10/h4-5,7-8H,6H2,1-3H3. The minimum absolute atomic E-state index is 0.516. The molecular formula is C14H15ClIN3. The van der Waals surface area contributed by atoms with Gasteiger partial charge in [-0.05, 0) is 54.0 Å². The Kier molecular flexibility index (Phi) is 4.73. The maximum absolute atomic E-state index is 6.20. The summed E-state index contributed by atoms with van der Waals surface area (Å²) in [5.74, 6) is 1.18. The van der Waals surface area contributed by atoms with E-state index < -0.39 is 0 Å². The van der Waals surface area contributed by atoms with Gasteiger partial charge in [0.15, 0.2) is 5.82 Å². The van der Waals surface area contributed by atoms with Crippen molar-refractivity contribution in [1.29, 1.82) is 0 Å². The second kappa shape index (κ2) is 6.13. The highest BCUT2D eigenvalue weighted by Gasteiger charge is 2.13. The SMILES string of the molecule is Cc1ccc(-c2nc(Cl)c(I)c(CC(C)C)n2)cn1. The maximum Gasteiger partial charge on any atom is 0.162 e. The lowest BCUT2D eigenvalue weighted by molar-refractivity contribution is 0.632. The van der Waals surface area contributed by atoms with Gasteiger partial charge < -0.3 is 0 Å². The summed E-state index contributed by atoms with van der Waals surface area (Å²) in [5, 5.41) is 0.516. The molecule has 0 N–H and O–H groups in total. The minimum atomic E-state index is 0.516. The molecule has 0 radical (unpaired) electrons. The Balaban J connectivity index is 2.46. The van der Waals surface area contributed by atoms with E-state index in [0.29, 0.717) is 16.9 Å². The van der Waals surface area contributed by atoms with Crippen LogP contribution in [0.5, 0.6) is 0 Å². The fourth-order valence-corrected chi connectivity index (χ4v) is 2.36. The molecule has 0 spiro atoms. The summed E-state index contributed by atoms with van der Waals surface area (Å²) in [7, 11) is 0. The van der Waals surface area contributed by atoms with Crippen LogP contribution in [0.15, 0.2) is 18.3 Å². The third kappa shape index (κ3) is 3.63. The molecule has 0 aliphatic rings. The van der Waals surface area contributed by atoms with Gasteiger partial charge in [-0.25, -0.2) is 9.97 Å². The monoisotopic (exact) mass is 387 g/mol. The van der Waals surface area contributed by atoms with Crippen LogP contribution < -0.4 is 0 Å². The van der Waals surface area contributed by atoms with Gasteiger partial charge in [0.25, 0.3) is 0 Å². The van der Waals surface area contributed by atoms with Crippen LogP contribution in [0, 0.1) is 16.4 Å². The summed E-state index contributed by atoms with van der Waals surface area (Å²) in [6.45, 7) is 6.29. The van der Waals surface area contributed by atoms with Crippen molar-refractivity contribution in [2.45, 2.75) is 27.2 Å². The van der Waals surface area contributed by atoms with Crippen LogP contribution in [-0.2, 0) is 6.42 Å². The van der Waals surface area contributed by atoms with Crippen molar-refractivity contribution in [2.24, 2.45) is 5.92 Å². The van der Waals surface area contributed by atoms with Gasteiger partial charge in [0.05, 0.1) is 9.26 Å². The van der Waals surface area contributed by atoms with E-state index >= 15 is 0 Å². The van der Waals surface area contributed by atoms with Gasteiger partial charge >= 0.3 is 0 Å². The Morgan fingerprint density at radius 2 is 2.00 bits per heavy atom. The zero-order chi connectivity index (χ0) is 14.0. The van der Waals surface area contributed by atoms with Crippen LogP contribution in [0.4, 0.5) is 0 Å². The van der Waals surface area contributed by atoms with Crippen LogP contribution in [0.1, 0.15) is 25.2 Å². The van der Waals surface area contributed by atoms with Crippen molar-refractivity contribution in [1.82, 2.24) is 15.0 Å². The van der Waals surface area contributed by atoms with Gasteiger partial charge in [-0.15, -0.1) is 0 Å². The van der Waals surface area contributed by atoms with Crippen LogP contribution in [0.3, 0.4) is 0 Å². The average Bonchev–Trinajstić information content (AvgIpc) is 2.35. The fourth-order valence-electron chi connectivity index (χ4n) is 1.71. The second-order valence-corrected chi connectivity index (χ2v) is 6.32. The highest BCUT2D eigenvalue weighted by Crippen LogP contribution is 2.25. The topological polar surface area (TPSA) is 38.7 Å². The van der Waals surface area contributed by atoms with Gasteiger partial charge in [0, 0.05) is 17.5 Å². The van der Waals surface area contributed by atoms with E-state index in [4.69, 9.17) is 11.6 Å². The first-order valence-electron chi connectivity index (χ1n) is 6.12. The lowest BCUT2D eigenvalue weighted by Crippen LogP contribution is -2.04. The molecule has 0 atom stereocenters. The van der Waals surface area contributed by atoms with Crippen molar-refractivity contribution in [2.75, 3.05) is 0 Å². The molecule has 0 aromatic carbocycles. The molecule has 0 aliphatic carbocycles. The number of hydrogen-bond donors (Lipinski definition) is 0. The van der Waals surface area contributed by atoms with E-state index in [-0.39, 0.29) is 0 Å². The third-order valence-corrected chi connectivity index (χ3v) is 4.38. The maximum atomic E-state index is 6.20. The van der Waals surface area contributed by atoms with Crippen LogP contribution in [0.25, 0.3) is 11.4 Å². The van der Waals surface area contributed by atoms with Crippen LogP contribution in [-0.4, -0.2) is 15.0 Å². The van der Waals surface area contributed by atoms with Gasteiger partial charge in [-0.2, -0.15) is 0 Å². The zero-order valence-corrected chi connectivity index (χ0v) is 14.0. The lowest BCUT2D eigenvalue weighted by atomic mass is 10.1. The van der Waals surface area contributed by atoms with E-state index in [0.717, 1.165) is 26.9 Å². The second-order valence-electron chi connectivity index (χ2n) is 4.88. The molecule has 2 rings (SSSR count). The van der Waals surface area contributed by atoms with Gasteiger partial charge in [0.2, 0.25) is 0 Å². The summed E-state index contributed by atoms with van der Waals surface area (Å²) in [5.41, 5.74) is 2.88. The summed E-state index contributed by atoms with van der Waals surface area (Å²) in [6, 6.07) is 3.92. The molecule has 2 heterocycles. The predicted octanol–water partition coefficient (Wildman–Crippen LogP) is 4.30. The van der Waals surface area contributed by atoms with Crippen molar-refractivity contribution in [3.63, 3.8) is 0 Å². The number of halogens is 2. The third-order valence-electron chi connectivity index (χ3n) is 2.65. The molecule has 0 bridgehead atoms. The van der Waals surface area contributed by atoms with Crippen LogP contribution >= 0.6 is 34.2 Å².